The number of carbonyl (C=O) groups is 2. The Bertz CT molecular complexity index is 1090. The van der Waals surface area contributed by atoms with Crippen LogP contribution in [0.4, 0.5) is 5.69 Å². The fourth-order valence-electron chi connectivity index (χ4n) is 5.00. The second-order valence-corrected chi connectivity index (χ2v) is 8.65. The van der Waals surface area contributed by atoms with Crippen LogP contribution in [0.25, 0.3) is 11.0 Å². The molecule has 2 atom stereocenters. The molecular formula is C25H28N4O2. The summed E-state index contributed by atoms with van der Waals surface area (Å²) in [5, 5.41) is 0. The van der Waals surface area contributed by atoms with Crippen molar-refractivity contribution in [2.45, 2.75) is 38.5 Å². The molecule has 2 saturated heterocycles. The van der Waals surface area contributed by atoms with E-state index in [4.69, 9.17) is 4.98 Å². The third kappa shape index (κ3) is 3.71. The van der Waals surface area contributed by atoms with Crippen LogP contribution >= 0.6 is 0 Å². The average Bonchev–Trinajstić information content (AvgIpc) is 3.42. The fraction of sp³-hybridized carbons (Fsp3) is 0.400. The number of H-pyrrole nitrogens is 1. The van der Waals surface area contributed by atoms with Crippen molar-refractivity contribution in [2.24, 2.45) is 5.92 Å². The van der Waals surface area contributed by atoms with Crippen LogP contribution in [0.15, 0.2) is 48.5 Å². The molecule has 6 heteroatoms. The van der Waals surface area contributed by atoms with E-state index in [0.29, 0.717) is 19.5 Å². The molecule has 0 radical (unpaired) electrons. The minimum atomic E-state index is -0.271. The first-order valence-corrected chi connectivity index (χ1v) is 11.3. The largest absolute Gasteiger partial charge is 0.342 e. The van der Waals surface area contributed by atoms with Gasteiger partial charge in [-0.15, -0.1) is 0 Å². The molecule has 3 heterocycles. The highest BCUT2D eigenvalue weighted by Crippen LogP contribution is 2.32. The van der Waals surface area contributed by atoms with Gasteiger partial charge >= 0.3 is 0 Å². The number of benzene rings is 2. The van der Waals surface area contributed by atoms with Crippen LogP contribution in [0.2, 0.25) is 0 Å². The minimum absolute atomic E-state index is 0.0464. The number of aryl methyl sites for hydroxylation is 1. The number of hydrogen-bond donors (Lipinski definition) is 1. The van der Waals surface area contributed by atoms with Crippen molar-refractivity contribution in [2.75, 3.05) is 24.5 Å². The Kier molecular flexibility index (Phi) is 5.22. The van der Waals surface area contributed by atoms with Gasteiger partial charge in [-0.05, 0) is 43.0 Å². The van der Waals surface area contributed by atoms with Crippen molar-refractivity contribution in [1.29, 1.82) is 0 Å². The number of anilines is 1. The Morgan fingerprint density at radius 3 is 2.77 bits per heavy atom. The van der Waals surface area contributed by atoms with Gasteiger partial charge in [-0.3, -0.25) is 9.59 Å². The smallest absolute Gasteiger partial charge is 0.228 e. The monoisotopic (exact) mass is 416 g/mol. The third-order valence-corrected chi connectivity index (χ3v) is 6.67. The Morgan fingerprint density at radius 2 is 1.94 bits per heavy atom. The summed E-state index contributed by atoms with van der Waals surface area (Å²) in [7, 11) is 0. The minimum Gasteiger partial charge on any atom is -0.342 e. The molecule has 2 fully saturated rings. The number of aromatic nitrogens is 2. The van der Waals surface area contributed by atoms with E-state index in [1.54, 1.807) is 0 Å². The number of piperidine rings is 1. The number of amides is 2. The first-order valence-electron chi connectivity index (χ1n) is 11.3. The number of nitrogens with zero attached hydrogens (tertiary/aromatic N) is 3. The van der Waals surface area contributed by atoms with Crippen molar-refractivity contribution in [3.63, 3.8) is 0 Å². The molecule has 2 aromatic carbocycles. The zero-order valence-corrected chi connectivity index (χ0v) is 17.9. The molecule has 6 nitrogen and oxygen atoms in total. The van der Waals surface area contributed by atoms with Gasteiger partial charge in [0.2, 0.25) is 11.8 Å². The lowest BCUT2D eigenvalue weighted by atomic mass is 9.95. The number of aromatic amines is 1. The van der Waals surface area contributed by atoms with Crippen LogP contribution < -0.4 is 4.90 Å². The maximum Gasteiger partial charge on any atom is 0.228 e. The predicted octanol–water partition coefficient (Wildman–Crippen LogP) is 3.88. The average molecular weight is 417 g/mol. The second kappa shape index (κ2) is 8.17. The van der Waals surface area contributed by atoms with Gasteiger partial charge < -0.3 is 14.8 Å². The molecule has 3 aromatic rings. The number of likely N-dealkylation sites (tertiary alicyclic amines) is 1. The normalized spacial score (nSPS) is 21.8. The topological polar surface area (TPSA) is 69.3 Å². The Morgan fingerprint density at radius 1 is 1.13 bits per heavy atom. The number of para-hydroxylation sites is 3. The lowest BCUT2D eigenvalue weighted by molar-refractivity contribution is -0.137. The molecular weight excluding hydrogens is 388 g/mol. The SMILES string of the molecule is CCc1ccccc1N1CC(C(=O)N2CCCC(c3nc4ccccc4[nH]3)C2)CC1=O. The van der Waals surface area contributed by atoms with E-state index in [2.05, 4.69) is 18.0 Å². The molecule has 2 aliphatic rings. The number of rotatable bonds is 4. The van der Waals surface area contributed by atoms with Crippen LogP contribution in [0.5, 0.6) is 0 Å². The quantitative estimate of drug-likeness (QED) is 0.702. The summed E-state index contributed by atoms with van der Waals surface area (Å²) in [4.78, 5) is 38.1. The number of fused-ring (bicyclic) bond motifs is 1. The summed E-state index contributed by atoms with van der Waals surface area (Å²) >= 11 is 0. The maximum atomic E-state index is 13.3. The highest BCUT2D eigenvalue weighted by Gasteiger charge is 2.39. The molecule has 0 aliphatic carbocycles. The number of imidazole rings is 1. The molecule has 0 spiro atoms. The van der Waals surface area contributed by atoms with E-state index in [0.717, 1.165) is 53.9 Å². The summed E-state index contributed by atoms with van der Waals surface area (Å²) in [6, 6.07) is 16.0. The lowest BCUT2D eigenvalue weighted by Gasteiger charge is -2.33. The van der Waals surface area contributed by atoms with Crippen molar-refractivity contribution in [3.05, 3.63) is 59.9 Å². The first kappa shape index (κ1) is 19.8. The zero-order chi connectivity index (χ0) is 21.4. The van der Waals surface area contributed by atoms with Gasteiger partial charge in [-0.25, -0.2) is 4.98 Å². The summed E-state index contributed by atoms with van der Waals surface area (Å²) in [6.07, 6.45) is 3.13. The van der Waals surface area contributed by atoms with Crippen molar-refractivity contribution >= 4 is 28.5 Å². The number of hydrogen-bond acceptors (Lipinski definition) is 3. The van der Waals surface area contributed by atoms with Gasteiger partial charge in [0.05, 0.1) is 17.0 Å². The third-order valence-electron chi connectivity index (χ3n) is 6.67. The van der Waals surface area contributed by atoms with E-state index in [9.17, 15) is 9.59 Å². The molecule has 0 saturated carbocycles. The standard InChI is InChI=1S/C25H28N4O2/c1-2-17-8-3-6-12-22(17)29-16-19(14-23(29)30)25(31)28-13-7-9-18(15-28)24-26-20-10-4-5-11-21(20)27-24/h3-6,8,10-12,18-19H,2,7,9,13-16H2,1H3,(H,26,27). The van der Waals surface area contributed by atoms with Gasteiger partial charge in [0.15, 0.2) is 0 Å². The van der Waals surface area contributed by atoms with E-state index in [1.165, 1.54) is 0 Å². The van der Waals surface area contributed by atoms with Gasteiger partial charge in [0.1, 0.15) is 5.82 Å². The molecule has 1 N–H and O–H groups in total. The number of carbonyl (C=O) groups excluding carboxylic acids is 2. The summed E-state index contributed by atoms with van der Waals surface area (Å²) in [5.74, 6) is 1.04. The van der Waals surface area contributed by atoms with E-state index in [-0.39, 0.29) is 23.7 Å². The number of nitrogens with one attached hydrogen (secondary N) is 1. The van der Waals surface area contributed by atoms with Crippen molar-refractivity contribution in [1.82, 2.24) is 14.9 Å². The van der Waals surface area contributed by atoms with E-state index in [1.807, 2.05) is 52.3 Å². The van der Waals surface area contributed by atoms with Crippen LogP contribution in [-0.2, 0) is 16.0 Å². The van der Waals surface area contributed by atoms with Gasteiger partial charge in [-0.1, -0.05) is 37.3 Å². The maximum absolute atomic E-state index is 13.3. The Hall–Kier alpha value is -3.15. The molecule has 31 heavy (non-hydrogen) atoms. The molecule has 5 rings (SSSR count). The fourth-order valence-corrected chi connectivity index (χ4v) is 5.00. The lowest BCUT2D eigenvalue weighted by Crippen LogP contribution is -2.43. The van der Waals surface area contributed by atoms with Crippen LogP contribution in [0, 0.1) is 5.92 Å². The van der Waals surface area contributed by atoms with Crippen LogP contribution in [0.1, 0.15) is 43.5 Å². The molecule has 0 bridgehead atoms. The van der Waals surface area contributed by atoms with Crippen molar-refractivity contribution < 1.29 is 9.59 Å². The van der Waals surface area contributed by atoms with Gasteiger partial charge in [-0.2, -0.15) is 0 Å². The first-order chi connectivity index (χ1) is 15.1. The van der Waals surface area contributed by atoms with E-state index >= 15 is 0 Å². The Balaban J connectivity index is 1.30. The Labute approximate surface area is 182 Å². The molecule has 2 aliphatic heterocycles. The second-order valence-electron chi connectivity index (χ2n) is 8.65. The van der Waals surface area contributed by atoms with Crippen LogP contribution in [-0.4, -0.2) is 46.3 Å². The predicted molar refractivity (Wildman–Crippen MR) is 121 cm³/mol. The summed E-state index contributed by atoms with van der Waals surface area (Å²) in [5.41, 5.74) is 4.09. The van der Waals surface area contributed by atoms with Gasteiger partial charge in [0.25, 0.3) is 0 Å². The highest BCUT2D eigenvalue weighted by molar-refractivity contribution is 6.00. The molecule has 2 unspecified atom stereocenters. The summed E-state index contributed by atoms with van der Waals surface area (Å²) in [6.45, 7) is 3.98. The molecule has 2 amide bonds. The highest BCUT2D eigenvalue weighted by atomic mass is 16.2. The van der Waals surface area contributed by atoms with Crippen molar-refractivity contribution in [3.8, 4) is 0 Å². The van der Waals surface area contributed by atoms with E-state index < -0.39 is 0 Å². The molecule has 1 aromatic heterocycles. The van der Waals surface area contributed by atoms with Gasteiger partial charge in [0, 0.05) is 37.7 Å². The van der Waals surface area contributed by atoms with Crippen LogP contribution in [0.3, 0.4) is 0 Å². The zero-order valence-electron chi connectivity index (χ0n) is 17.9. The summed E-state index contributed by atoms with van der Waals surface area (Å²) < 4.78 is 0. The molecule has 160 valence electrons.